The number of Topliss-reactive ketones (excluding diaryl/α,β-unsaturated/α-hetero) is 1. The third-order valence-corrected chi connectivity index (χ3v) is 7.05. The van der Waals surface area contributed by atoms with Gasteiger partial charge in [0.2, 0.25) is 0 Å². The molecule has 0 radical (unpaired) electrons. The summed E-state index contributed by atoms with van der Waals surface area (Å²) in [6.07, 6.45) is 0.935. The fraction of sp³-hybridized carbons (Fsp3) is 0.226. The van der Waals surface area contributed by atoms with Crippen LogP contribution < -0.4 is 10.1 Å². The van der Waals surface area contributed by atoms with Crippen molar-refractivity contribution >= 4 is 11.8 Å². The van der Waals surface area contributed by atoms with Gasteiger partial charge in [-0.3, -0.25) is 4.79 Å². The third kappa shape index (κ3) is 5.05. The molecule has 1 aliphatic carbocycles. The standard InChI is InChI=1S/C31H28FNO4/c1-19-28(31(35)37-18-20-6-4-3-5-7-20)29(22-8-12-24(32)13-9-22)30-26(33-19)16-23(17-27(30)34)21-10-14-25(36-2)15-11-21/h3-15,23,29,33H,16-18H2,1-2H3/t23-,29-/m1/s1. The molecule has 0 unspecified atom stereocenters. The topological polar surface area (TPSA) is 64.6 Å². The Bertz CT molecular complexity index is 1370. The molecule has 1 N–H and O–H groups in total. The molecule has 0 saturated carbocycles. The van der Waals surface area contributed by atoms with Gasteiger partial charge >= 0.3 is 5.97 Å². The molecule has 0 amide bonds. The van der Waals surface area contributed by atoms with Crippen LogP contribution in [0.2, 0.25) is 0 Å². The normalized spacial score (nSPS) is 19.3. The molecule has 1 heterocycles. The van der Waals surface area contributed by atoms with Crippen LogP contribution in [0.15, 0.2) is 101 Å². The summed E-state index contributed by atoms with van der Waals surface area (Å²) < 4.78 is 24.7. The van der Waals surface area contributed by atoms with Crippen LogP contribution in [0.1, 0.15) is 48.3 Å². The Kier molecular flexibility index (Phi) is 6.91. The van der Waals surface area contributed by atoms with Gasteiger partial charge in [0.25, 0.3) is 0 Å². The average molecular weight is 498 g/mol. The molecule has 3 aromatic carbocycles. The zero-order valence-corrected chi connectivity index (χ0v) is 20.8. The van der Waals surface area contributed by atoms with E-state index in [-0.39, 0.29) is 24.1 Å². The van der Waals surface area contributed by atoms with Crippen molar-refractivity contribution < 1.29 is 23.5 Å². The van der Waals surface area contributed by atoms with Crippen molar-refractivity contribution in [2.24, 2.45) is 0 Å². The number of halogens is 1. The fourth-order valence-electron chi connectivity index (χ4n) is 5.21. The number of rotatable bonds is 6. The van der Waals surface area contributed by atoms with Crippen LogP contribution >= 0.6 is 0 Å². The zero-order valence-electron chi connectivity index (χ0n) is 20.8. The Morgan fingerprint density at radius 2 is 1.62 bits per heavy atom. The molecule has 0 aromatic heterocycles. The largest absolute Gasteiger partial charge is 0.497 e. The number of allylic oxidation sites excluding steroid dienone is 3. The number of ether oxygens (including phenoxy) is 2. The number of hydrogen-bond donors (Lipinski definition) is 1. The average Bonchev–Trinajstić information content (AvgIpc) is 2.92. The lowest BCUT2D eigenvalue weighted by atomic mass is 9.71. The zero-order chi connectivity index (χ0) is 25.9. The van der Waals surface area contributed by atoms with Crippen LogP contribution in [-0.2, 0) is 20.9 Å². The van der Waals surface area contributed by atoms with Gasteiger partial charge in [0.05, 0.1) is 12.7 Å². The van der Waals surface area contributed by atoms with Crippen LogP contribution in [0.25, 0.3) is 0 Å². The molecule has 5 nitrogen and oxygen atoms in total. The predicted octanol–water partition coefficient (Wildman–Crippen LogP) is 5.94. The highest BCUT2D eigenvalue weighted by Gasteiger charge is 2.41. The molecular formula is C31H28FNO4. The summed E-state index contributed by atoms with van der Waals surface area (Å²) in [5, 5.41) is 3.35. The predicted molar refractivity (Wildman–Crippen MR) is 138 cm³/mol. The van der Waals surface area contributed by atoms with Gasteiger partial charge in [-0.15, -0.1) is 0 Å². The number of methoxy groups -OCH3 is 1. The van der Waals surface area contributed by atoms with E-state index in [1.54, 1.807) is 19.2 Å². The van der Waals surface area contributed by atoms with Crippen molar-refractivity contribution in [3.05, 3.63) is 124 Å². The van der Waals surface area contributed by atoms with E-state index in [4.69, 9.17) is 9.47 Å². The molecule has 1 aliphatic heterocycles. The molecule has 2 atom stereocenters. The number of esters is 1. The molecule has 0 saturated heterocycles. The van der Waals surface area contributed by atoms with Crippen molar-refractivity contribution in [2.45, 2.75) is 38.2 Å². The van der Waals surface area contributed by atoms with Crippen molar-refractivity contribution in [2.75, 3.05) is 7.11 Å². The van der Waals surface area contributed by atoms with Crippen molar-refractivity contribution in [1.82, 2.24) is 5.32 Å². The highest BCUT2D eigenvalue weighted by Crippen LogP contribution is 2.45. The minimum Gasteiger partial charge on any atom is -0.497 e. The minimum atomic E-state index is -0.635. The Labute approximate surface area is 215 Å². The number of dihydropyridines is 1. The number of benzene rings is 3. The monoisotopic (exact) mass is 497 g/mol. The van der Waals surface area contributed by atoms with E-state index in [0.717, 1.165) is 22.6 Å². The maximum Gasteiger partial charge on any atom is 0.337 e. The summed E-state index contributed by atoms with van der Waals surface area (Å²) >= 11 is 0. The maximum absolute atomic E-state index is 13.8. The first kappa shape index (κ1) is 24.5. The number of carbonyl (C=O) groups is 2. The van der Waals surface area contributed by atoms with Gasteiger partial charge < -0.3 is 14.8 Å². The van der Waals surface area contributed by atoms with Crippen molar-refractivity contribution in [3.8, 4) is 5.75 Å². The Balaban J connectivity index is 1.49. The first-order valence-electron chi connectivity index (χ1n) is 12.3. The summed E-state index contributed by atoms with van der Waals surface area (Å²) in [5.74, 6) is -0.794. The Morgan fingerprint density at radius 3 is 2.30 bits per heavy atom. The first-order valence-corrected chi connectivity index (χ1v) is 12.3. The van der Waals surface area contributed by atoms with E-state index in [1.165, 1.54) is 12.1 Å². The molecule has 188 valence electrons. The van der Waals surface area contributed by atoms with Crippen LogP contribution in [0, 0.1) is 5.82 Å². The van der Waals surface area contributed by atoms with Gasteiger partial charge in [-0.1, -0.05) is 54.6 Å². The second kappa shape index (κ2) is 10.4. The summed E-state index contributed by atoms with van der Waals surface area (Å²) in [4.78, 5) is 27.1. The summed E-state index contributed by atoms with van der Waals surface area (Å²) in [5.41, 5.74) is 4.95. The quantitative estimate of drug-likeness (QED) is 0.427. The van der Waals surface area contributed by atoms with E-state index in [9.17, 15) is 14.0 Å². The van der Waals surface area contributed by atoms with Gasteiger partial charge in [0.15, 0.2) is 5.78 Å². The van der Waals surface area contributed by atoms with Crippen LogP contribution in [0.5, 0.6) is 5.75 Å². The minimum absolute atomic E-state index is 0.00194. The highest BCUT2D eigenvalue weighted by molar-refractivity contribution is 6.04. The fourth-order valence-corrected chi connectivity index (χ4v) is 5.21. The highest BCUT2D eigenvalue weighted by atomic mass is 19.1. The second-order valence-corrected chi connectivity index (χ2v) is 9.40. The molecular weight excluding hydrogens is 469 g/mol. The number of hydrogen-bond acceptors (Lipinski definition) is 5. The van der Waals surface area contributed by atoms with Crippen LogP contribution in [0.3, 0.4) is 0 Å². The number of nitrogens with one attached hydrogen (secondary N) is 1. The Hall–Kier alpha value is -4.19. The Morgan fingerprint density at radius 1 is 0.946 bits per heavy atom. The molecule has 0 bridgehead atoms. The van der Waals surface area contributed by atoms with Crippen LogP contribution in [0.4, 0.5) is 4.39 Å². The van der Waals surface area contributed by atoms with E-state index in [0.29, 0.717) is 35.2 Å². The van der Waals surface area contributed by atoms with E-state index in [1.807, 2.05) is 61.5 Å². The summed E-state index contributed by atoms with van der Waals surface area (Å²) in [7, 11) is 1.62. The smallest absolute Gasteiger partial charge is 0.337 e. The van der Waals surface area contributed by atoms with Crippen LogP contribution in [-0.4, -0.2) is 18.9 Å². The second-order valence-electron chi connectivity index (χ2n) is 9.40. The van der Waals surface area contributed by atoms with Gasteiger partial charge in [-0.2, -0.15) is 0 Å². The maximum atomic E-state index is 13.8. The third-order valence-electron chi connectivity index (χ3n) is 7.05. The van der Waals surface area contributed by atoms with Gasteiger partial charge in [-0.05, 0) is 60.2 Å². The molecule has 3 aromatic rings. The summed E-state index contributed by atoms with van der Waals surface area (Å²) in [6.45, 7) is 1.94. The van der Waals surface area contributed by atoms with Gasteiger partial charge in [0, 0.05) is 29.3 Å². The lowest BCUT2D eigenvalue weighted by molar-refractivity contribution is -0.140. The summed E-state index contributed by atoms with van der Waals surface area (Å²) in [6, 6.07) is 23.2. The SMILES string of the molecule is COc1ccc([C@H]2CC(=O)C3=C(C2)NC(C)=C(C(=O)OCc2ccccc2)[C@H]3c2ccc(F)cc2)cc1. The molecule has 2 aliphatic rings. The molecule has 37 heavy (non-hydrogen) atoms. The lowest BCUT2D eigenvalue weighted by Crippen LogP contribution is -2.36. The van der Waals surface area contributed by atoms with Crippen molar-refractivity contribution in [1.29, 1.82) is 0 Å². The van der Waals surface area contributed by atoms with E-state index >= 15 is 0 Å². The molecule has 0 fully saturated rings. The molecule has 0 spiro atoms. The van der Waals surface area contributed by atoms with Gasteiger partial charge in [0.1, 0.15) is 18.2 Å². The number of carbonyl (C=O) groups excluding carboxylic acids is 2. The molecule has 6 heteroatoms. The first-order chi connectivity index (χ1) is 17.9. The van der Waals surface area contributed by atoms with E-state index in [2.05, 4.69) is 5.32 Å². The number of ketones is 1. The van der Waals surface area contributed by atoms with Gasteiger partial charge in [-0.25, -0.2) is 9.18 Å². The van der Waals surface area contributed by atoms with Crippen molar-refractivity contribution in [3.63, 3.8) is 0 Å². The lowest BCUT2D eigenvalue weighted by Gasteiger charge is -2.36. The molecule has 5 rings (SSSR count). The van der Waals surface area contributed by atoms with E-state index < -0.39 is 11.9 Å².